The summed E-state index contributed by atoms with van der Waals surface area (Å²) in [5.41, 5.74) is 0.569. The number of ether oxygens (including phenoxy) is 1. The fourth-order valence-corrected chi connectivity index (χ4v) is 2.14. The first-order chi connectivity index (χ1) is 12.2. The van der Waals surface area contributed by atoms with Gasteiger partial charge in [-0.15, -0.1) is 10.2 Å². The van der Waals surface area contributed by atoms with Crippen molar-refractivity contribution in [3.63, 3.8) is 0 Å². The summed E-state index contributed by atoms with van der Waals surface area (Å²) in [7, 11) is 0. The zero-order valence-electron chi connectivity index (χ0n) is 13.6. The maximum Gasteiger partial charge on any atom is 0.359 e. The van der Waals surface area contributed by atoms with Crippen LogP contribution in [0.4, 0.5) is 0 Å². The van der Waals surface area contributed by atoms with Crippen molar-refractivity contribution in [2.75, 3.05) is 0 Å². The summed E-state index contributed by atoms with van der Waals surface area (Å²) >= 11 is 0. The predicted octanol–water partition coefficient (Wildman–Crippen LogP) is 2.06. The topological polar surface area (TPSA) is 100 Å². The highest BCUT2D eigenvalue weighted by molar-refractivity contribution is 5.86. The van der Waals surface area contributed by atoms with Gasteiger partial charge in [0.1, 0.15) is 0 Å². The molecule has 0 fully saturated rings. The zero-order chi connectivity index (χ0) is 17.6. The lowest BCUT2D eigenvalue weighted by atomic mass is 10.2. The molecule has 8 heteroatoms. The second kappa shape index (κ2) is 7.52. The number of carbonyl (C=O) groups is 1. The Morgan fingerprint density at radius 1 is 1.16 bits per heavy atom. The molecule has 0 unspecified atom stereocenters. The number of carbonyl (C=O) groups excluding carboxylic acids is 1. The van der Waals surface area contributed by atoms with Gasteiger partial charge >= 0.3 is 5.97 Å². The molecule has 0 aliphatic carbocycles. The molecule has 25 heavy (non-hydrogen) atoms. The molecular formula is C17H16N4O4. The molecule has 0 bridgehead atoms. The second-order valence-corrected chi connectivity index (χ2v) is 5.22. The fraction of sp³-hybridized carbons (Fsp3) is 0.235. The van der Waals surface area contributed by atoms with E-state index in [1.54, 1.807) is 0 Å². The van der Waals surface area contributed by atoms with Crippen LogP contribution in [-0.2, 0) is 17.9 Å². The molecule has 128 valence electrons. The van der Waals surface area contributed by atoms with E-state index in [0.717, 1.165) is 12.0 Å². The van der Waals surface area contributed by atoms with E-state index in [1.165, 1.54) is 16.8 Å². The van der Waals surface area contributed by atoms with Crippen molar-refractivity contribution >= 4 is 5.97 Å². The Hall–Kier alpha value is -3.29. The Morgan fingerprint density at radius 3 is 2.72 bits per heavy atom. The molecule has 3 rings (SSSR count). The third-order valence-electron chi connectivity index (χ3n) is 3.33. The van der Waals surface area contributed by atoms with Crippen LogP contribution in [0.3, 0.4) is 0 Å². The quantitative estimate of drug-likeness (QED) is 0.633. The molecule has 0 N–H and O–H groups in total. The summed E-state index contributed by atoms with van der Waals surface area (Å²) in [5, 5.41) is 11.8. The Kier molecular flexibility index (Phi) is 4.98. The average Bonchev–Trinajstić information content (AvgIpc) is 3.11. The SMILES string of the molecule is CCCn1nc(C(=O)OCc2nnc(-c3ccccc3)o2)ccc1=O. The highest BCUT2D eigenvalue weighted by Crippen LogP contribution is 2.17. The third kappa shape index (κ3) is 3.97. The Morgan fingerprint density at radius 2 is 1.96 bits per heavy atom. The molecule has 0 saturated heterocycles. The first kappa shape index (κ1) is 16.6. The lowest BCUT2D eigenvalue weighted by Gasteiger charge is -2.05. The van der Waals surface area contributed by atoms with Crippen molar-refractivity contribution in [3.05, 3.63) is 64.4 Å². The van der Waals surface area contributed by atoms with E-state index in [-0.39, 0.29) is 23.8 Å². The van der Waals surface area contributed by atoms with E-state index in [0.29, 0.717) is 12.4 Å². The van der Waals surface area contributed by atoms with E-state index in [4.69, 9.17) is 9.15 Å². The highest BCUT2D eigenvalue weighted by atomic mass is 16.5. The van der Waals surface area contributed by atoms with Gasteiger partial charge in [0.25, 0.3) is 11.4 Å². The van der Waals surface area contributed by atoms with Gasteiger partial charge in [-0.2, -0.15) is 5.10 Å². The third-order valence-corrected chi connectivity index (χ3v) is 3.33. The van der Waals surface area contributed by atoms with Crippen LogP contribution in [0.2, 0.25) is 0 Å². The number of rotatable bonds is 6. The van der Waals surface area contributed by atoms with E-state index >= 15 is 0 Å². The second-order valence-electron chi connectivity index (χ2n) is 5.22. The molecule has 8 nitrogen and oxygen atoms in total. The molecule has 2 heterocycles. The lowest BCUT2D eigenvalue weighted by Crippen LogP contribution is -2.24. The lowest BCUT2D eigenvalue weighted by molar-refractivity contribution is 0.0428. The molecule has 3 aromatic rings. The number of hydrogen-bond acceptors (Lipinski definition) is 7. The highest BCUT2D eigenvalue weighted by Gasteiger charge is 2.14. The van der Waals surface area contributed by atoms with E-state index < -0.39 is 5.97 Å². The van der Waals surface area contributed by atoms with Crippen LogP contribution in [0, 0.1) is 0 Å². The summed E-state index contributed by atoms with van der Waals surface area (Å²) in [6, 6.07) is 11.9. The van der Waals surface area contributed by atoms with Gasteiger partial charge in [0.15, 0.2) is 12.3 Å². The molecule has 0 atom stereocenters. The summed E-state index contributed by atoms with van der Waals surface area (Å²) in [4.78, 5) is 23.7. The van der Waals surface area contributed by atoms with Crippen LogP contribution in [0.1, 0.15) is 29.7 Å². The summed E-state index contributed by atoms with van der Waals surface area (Å²) in [6.07, 6.45) is 0.732. The summed E-state index contributed by atoms with van der Waals surface area (Å²) in [6.45, 7) is 2.18. The van der Waals surface area contributed by atoms with Gasteiger partial charge in [-0.3, -0.25) is 4.79 Å². The molecule has 2 aromatic heterocycles. The number of esters is 1. The maximum atomic E-state index is 12.1. The van der Waals surface area contributed by atoms with Gasteiger partial charge in [-0.1, -0.05) is 25.1 Å². The van der Waals surface area contributed by atoms with Crippen molar-refractivity contribution in [3.8, 4) is 11.5 Å². The Bertz CT molecular complexity index is 918. The molecule has 0 spiro atoms. The maximum absolute atomic E-state index is 12.1. The van der Waals surface area contributed by atoms with E-state index in [1.807, 2.05) is 37.3 Å². The van der Waals surface area contributed by atoms with Crippen LogP contribution in [-0.4, -0.2) is 25.9 Å². The Balaban J connectivity index is 1.66. The smallest absolute Gasteiger partial charge is 0.359 e. The first-order valence-corrected chi connectivity index (χ1v) is 7.80. The van der Waals surface area contributed by atoms with Gasteiger partial charge < -0.3 is 9.15 Å². The number of aryl methyl sites for hydroxylation is 1. The van der Waals surface area contributed by atoms with Crippen molar-refractivity contribution < 1.29 is 13.9 Å². The van der Waals surface area contributed by atoms with Gasteiger partial charge in [0, 0.05) is 18.2 Å². The molecule has 0 saturated carbocycles. The normalized spacial score (nSPS) is 10.6. The predicted molar refractivity (Wildman–Crippen MR) is 87.6 cm³/mol. The number of aromatic nitrogens is 4. The van der Waals surface area contributed by atoms with Crippen LogP contribution in [0.15, 0.2) is 51.7 Å². The molecular weight excluding hydrogens is 324 g/mol. The fourth-order valence-electron chi connectivity index (χ4n) is 2.14. The van der Waals surface area contributed by atoms with Crippen molar-refractivity contribution in [2.24, 2.45) is 0 Å². The molecule has 0 radical (unpaired) electrons. The summed E-state index contributed by atoms with van der Waals surface area (Å²) in [5.74, 6) is -0.139. The van der Waals surface area contributed by atoms with Crippen LogP contribution in [0.25, 0.3) is 11.5 Å². The molecule has 0 amide bonds. The minimum atomic E-state index is -0.663. The number of benzene rings is 1. The molecule has 1 aromatic carbocycles. The van der Waals surface area contributed by atoms with Crippen molar-refractivity contribution in [1.82, 2.24) is 20.0 Å². The monoisotopic (exact) mass is 340 g/mol. The average molecular weight is 340 g/mol. The van der Waals surface area contributed by atoms with E-state index in [9.17, 15) is 9.59 Å². The van der Waals surface area contributed by atoms with Crippen LogP contribution >= 0.6 is 0 Å². The van der Waals surface area contributed by atoms with E-state index in [2.05, 4.69) is 15.3 Å². The first-order valence-electron chi connectivity index (χ1n) is 7.80. The van der Waals surface area contributed by atoms with Gasteiger partial charge in [-0.05, 0) is 24.6 Å². The van der Waals surface area contributed by atoms with Crippen LogP contribution in [0.5, 0.6) is 0 Å². The standard InChI is InChI=1S/C17H16N4O4/c1-2-10-21-15(22)9-8-13(20-21)17(23)24-11-14-18-19-16(25-14)12-6-4-3-5-7-12/h3-9H,2,10-11H2,1H3. The van der Waals surface area contributed by atoms with Crippen LogP contribution < -0.4 is 5.56 Å². The molecule has 0 aliphatic heterocycles. The van der Waals surface area contributed by atoms with Gasteiger partial charge in [0.05, 0.1) is 0 Å². The van der Waals surface area contributed by atoms with Gasteiger partial charge in [0.2, 0.25) is 5.89 Å². The summed E-state index contributed by atoms with van der Waals surface area (Å²) < 4.78 is 11.8. The Labute approximate surface area is 143 Å². The van der Waals surface area contributed by atoms with Crippen molar-refractivity contribution in [1.29, 1.82) is 0 Å². The minimum Gasteiger partial charge on any atom is -0.451 e. The number of nitrogens with zero attached hydrogens (tertiary/aromatic N) is 4. The molecule has 0 aliphatic rings. The minimum absolute atomic E-state index is 0.0517. The zero-order valence-corrected chi connectivity index (χ0v) is 13.6. The van der Waals surface area contributed by atoms with Gasteiger partial charge in [-0.25, -0.2) is 9.48 Å². The number of hydrogen-bond donors (Lipinski definition) is 0. The van der Waals surface area contributed by atoms with Crippen molar-refractivity contribution in [2.45, 2.75) is 26.5 Å². The largest absolute Gasteiger partial charge is 0.451 e.